The van der Waals surface area contributed by atoms with Crippen LogP contribution < -0.4 is 8.92 Å². The first kappa shape index (κ1) is 23.9. The summed E-state index contributed by atoms with van der Waals surface area (Å²) in [6.07, 6.45) is 6.75. The molecule has 2 aliphatic carbocycles. The van der Waals surface area contributed by atoms with Crippen molar-refractivity contribution < 1.29 is 17.3 Å². The highest BCUT2D eigenvalue weighted by molar-refractivity contribution is 7.86. The average Bonchev–Trinajstić information content (AvgIpc) is 2.73. The molecule has 0 aromatic heterocycles. The zero-order valence-corrected chi connectivity index (χ0v) is 21.5. The predicted molar refractivity (Wildman–Crippen MR) is 134 cm³/mol. The van der Waals surface area contributed by atoms with E-state index in [2.05, 4.69) is 33.8 Å². The second kappa shape index (κ2) is 9.17. The molecule has 0 amide bonds. The van der Waals surface area contributed by atoms with Gasteiger partial charge in [-0.15, -0.1) is 0 Å². The Labute approximate surface area is 199 Å². The summed E-state index contributed by atoms with van der Waals surface area (Å²) in [5.74, 6) is 2.55. The van der Waals surface area contributed by atoms with E-state index in [1.165, 1.54) is 16.7 Å². The minimum Gasteiger partial charge on any atom is -0.485 e. The van der Waals surface area contributed by atoms with Gasteiger partial charge in [0.15, 0.2) is 11.5 Å². The lowest BCUT2D eigenvalue weighted by molar-refractivity contribution is 0.277. The summed E-state index contributed by atoms with van der Waals surface area (Å²) in [5.41, 5.74) is 7.01. The van der Waals surface area contributed by atoms with Crippen molar-refractivity contribution in [1.29, 1.82) is 0 Å². The molecule has 0 N–H and O–H groups in total. The highest BCUT2D eigenvalue weighted by atomic mass is 32.2. The maximum atomic E-state index is 12.3. The molecule has 0 spiro atoms. The van der Waals surface area contributed by atoms with Gasteiger partial charge in [0.2, 0.25) is 0 Å². The van der Waals surface area contributed by atoms with Crippen molar-refractivity contribution in [2.75, 3.05) is 6.26 Å². The zero-order valence-electron chi connectivity index (χ0n) is 20.6. The molecule has 2 aromatic carbocycles. The van der Waals surface area contributed by atoms with E-state index >= 15 is 0 Å². The van der Waals surface area contributed by atoms with Gasteiger partial charge in [0.1, 0.15) is 6.61 Å². The number of rotatable bonds is 6. The molecule has 2 aromatic rings. The second-order valence-electron chi connectivity index (χ2n) is 10.2. The van der Waals surface area contributed by atoms with Gasteiger partial charge in [-0.1, -0.05) is 55.8 Å². The van der Waals surface area contributed by atoms with Gasteiger partial charge in [-0.05, 0) is 74.5 Å². The van der Waals surface area contributed by atoms with Crippen LogP contribution in [-0.4, -0.2) is 14.7 Å². The first-order valence-corrected chi connectivity index (χ1v) is 13.8. The molecule has 0 heterocycles. The van der Waals surface area contributed by atoms with Gasteiger partial charge >= 0.3 is 10.1 Å². The fourth-order valence-electron chi connectivity index (χ4n) is 5.90. The van der Waals surface area contributed by atoms with E-state index in [9.17, 15) is 8.42 Å². The molecule has 178 valence electrons. The highest BCUT2D eigenvalue weighted by Gasteiger charge is 2.42. The minimum atomic E-state index is -3.72. The maximum absolute atomic E-state index is 12.3. The molecule has 2 aliphatic rings. The van der Waals surface area contributed by atoms with Crippen molar-refractivity contribution in [3.8, 4) is 11.5 Å². The van der Waals surface area contributed by atoms with Crippen LogP contribution in [0.15, 0.2) is 42.0 Å². The Balaban J connectivity index is 1.97. The van der Waals surface area contributed by atoms with E-state index in [1.807, 2.05) is 37.3 Å². The molecular weight excluding hydrogens is 432 g/mol. The molecule has 0 aliphatic heterocycles. The third-order valence-electron chi connectivity index (χ3n) is 7.23. The van der Waals surface area contributed by atoms with E-state index in [0.29, 0.717) is 29.9 Å². The van der Waals surface area contributed by atoms with Gasteiger partial charge in [0.25, 0.3) is 0 Å². The summed E-state index contributed by atoms with van der Waals surface area (Å²) < 4.78 is 36.8. The van der Waals surface area contributed by atoms with E-state index in [4.69, 9.17) is 8.92 Å². The standard InChI is InChI=1S/C28H36O4S/c1-17(2)14-22-15-19(4)23-13-12-18(3)24-26(23)25(22)20(5)27(32-33(6,29)30)28(24)31-16-21-10-8-7-9-11-21/h7-11,14,18-19,22-23H,12-13,15-16H2,1-6H3. The van der Waals surface area contributed by atoms with Crippen molar-refractivity contribution in [1.82, 2.24) is 0 Å². The lowest BCUT2D eigenvalue weighted by Gasteiger charge is -2.43. The Morgan fingerprint density at radius 2 is 1.73 bits per heavy atom. The Bertz CT molecular complexity index is 1160. The fraction of sp³-hybridized carbons (Fsp3) is 0.500. The van der Waals surface area contributed by atoms with E-state index in [1.54, 1.807) is 0 Å². The molecule has 0 fully saturated rings. The molecule has 33 heavy (non-hydrogen) atoms. The predicted octanol–water partition coefficient (Wildman–Crippen LogP) is 6.98. The summed E-state index contributed by atoms with van der Waals surface area (Å²) in [7, 11) is -3.72. The molecule has 0 bridgehead atoms. The van der Waals surface area contributed by atoms with Gasteiger partial charge in [-0.25, -0.2) is 0 Å². The first-order chi connectivity index (χ1) is 15.6. The van der Waals surface area contributed by atoms with Crippen LogP contribution in [0.3, 0.4) is 0 Å². The van der Waals surface area contributed by atoms with Crippen LogP contribution >= 0.6 is 0 Å². The number of allylic oxidation sites excluding steroid dienone is 2. The largest absolute Gasteiger partial charge is 0.485 e. The van der Waals surface area contributed by atoms with Crippen LogP contribution in [-0.2, 0) is 16.7 Å². The van der Waals surface area contributed by atoms with E-state index in [-0.39, 0.29) is 11.8 Å². The SMILES string of the molecule is CC(C)=CC1CC(C)C2CCC(C)c3c(OCc4ccccc4)c(OS(C)(=O)=O)c(C)c1c32. The van der Waals surface area contributed by atoms with Crippen molar-refractivity contribution in [2.45, 2.75) is 78.2 Å². The third-order valence-corrected chi connectivity index (χ3v) is 7.70. The molecule has 0 radical (unpaired) electrons. The van der Waals surface area contributed by atoms with Crippen LogP contribution in [0.4, 0.5) is 0 Å². The topological polar surface area (TPSA) is 52.6 Å². The monoisotopic (exact) mass is 468 g/mol. The number of hydrogen-bond acceptors (Lipinski definition) is 4. The third kappa shape index (κ3) is 4.84. The second-order valence-corrected chi connectivity index (χ2v) is 11.8. The molecule has 4 unspecified atom stereocenters. The van der Waals surface area contributed by atoms with Crippen molar-refractivity contribution in [2.24, 2.45) is 5.92 Å². The van der Waals surface area contributed by atoms with Crippen LogP contribution in [0, 0.1) is 12.8 Å². The summed E-state index contributed by atoms with van der Waals surface area (Å²) in [5, 5.41) is 0. The maximum Gasteiger partial charge on any atom is 0.306 e. The molecule has 5 heteroatoms. The van der Waals surface area contributed by atoms with Gasteiger partial charge in [-0.2, -0.15) is 8.42 Å². The average molecular weight is 469 g/mol. The Morgan fingerprint density at radius 1 is 1.03 bits per heavy atom. The molecule has 4 atom stereocenters. The summed E-state index contributed by atoms with van der Waals surface area (Å²) >= 11 is 0. The fourth-order valence-corrected chi connectivity index (χ4v) is 6.40. The quantitative estimate of drug-likeness (QED) is 0.339. The Hall–Kier alpha value is -2.27. The number of ether oxygens (including phenoxy) is 1. The van der Waals surface area contributed by atoms with Crippen LogP contribution in [0.25, 0.3) is 0 Å². The normalized spacial score (nSPS) is 24.1. The van der Waals surface area contributed by atoms with E-state index < -0.39 is 10.1 Å². The van der Waals surface area contributed by atoms with Gasteiger partial charge in [-0.3, -0.25) is 0 Å². The van der Waals surface area contributed by atoms with Crippen molar-refractivity contribution >= 4 is 10.1 Å². The van der Waals surface area contributed by atoms with Crippen molar-refractivity contribution in [3.05, 3.63) is 69.8 Å². The zero-order chi connectivity index (χ0) is 23.9. The number of benzene rings is 2. The lowest BCUT2D eigenvalue weighted by Crippen LogP contribution is -2.29. The number of hydrogen-bond donors (Lipinski definition) is 0. The Kier molecular flexibility index (Phi) is 6.63. The minimum absolute atomic E-state index is 0.255. The van der Waals surface area contributed by atoms with Gasteiger partial charge < -0.3 is 8.92 Å². The molecule has 4 rings (SSSR count). The first-order valence-electron chi connectivity index (χ1n) is 12.0. The summed E-state index contributed by atoms with van der Waals surface area (Å²) in [6, 6.07) is 9.99. The van der Waals surface area contributed by atoms with Crippen molar-refractivity contribution in [3.63, 3.8) is 0 Å². The van der Waals surface area contributed by atoms with E-state index in [0.717, 1.165) is 42.2 Å². The smallest absolute Gasteiger partial charge is 0.306 e. The summed E-state index contributed by atoms with van der Waals surface area (Å²) in [6.45, 7) is 11.2. The molecule has 4 nitrogen and oxygen atoms in total. The van der Waals surface area contributed by atoms with Crippen LogP contribution in [0.1, 0.15) is 92.5 Å². The molecule has 0 saturated heterocycles. The Morgan fingerprint density at radius 3 is 2.36 bits per heavy atom. The van der Waals surface area contributed by atoms with Gasteiger partial charge in [0.05, 0.1) is 6.26 Å². The molecule has 0 saturated carbocycles. The van der Waals surface area contributed by atoms with Crippen LogP contribution in [0.5, 0.6) is 11.5 Å². The summed E-state index contributed by atoms with van der Waals surface area (Å²) in [4.78, 5) is 0. The lowest BCUT2D eigenvalue weighted by atomic mass is 9.62. The van der Waals surface area contributed by atoms with Crippen LogP contribution in [0.2, 0.25) is 0 Å². The highest BCUT2D eigenvalue weighted by Crippen LogP contribution is 2.58. The van der Waals surface area contributed by atoms with Gasteiger partial charge in [0, 0.05) is 17.0 Å². The molecular formula is C28H36O4S.